The van der Waals surface area contributed by atoms with E-state index in [4.69, 9.17) is 0 Å². The number of amides is 1. The van der Waals surface area contributed by atoms with Gasteiger partial charge < -0.3 is 0 Å². The molecule has 0 bridgehead atoms. The summed E-state index contributed by atoms with van der Waals surface area (Å²) >= 11 is 1.32. The Hall–Kier alpha value is -1.96. The summed E-state index contributed by atoms with van der Waals surface area (Å²) < 4.78 is 40.7. The first kappa shape index (κ1) is 19.8. The highest BCUT2D eigenvalue weighted by atomic mass is 32.1. The third-order valence-corrected chi connectivity index (χ3v) is 5.75. The van der Waals surface area contributed by atoms with Crippen molar-refractivity contribution in [2.45, 2.75) is 58.7 Å². The van der Waals surface area contributed by atoms with E-state index in [0.717, 1.165) is 30.0 Å². The lowest BCUT2D eigenvalue weighted by Gasteiger charge is -2.12. The van der Waals surface area contributed by atoms with E-state index in [1.54, 1.807) is 11.6 Å². The Labute approximate surface area is 159 Å². The molecule has 3 rings (SSSR count). The zero-order chi connectivity index (χ0) is 20.0. The summed E-state index contributed by atoms with van der Waals surface area (Å²) in [5.74, 6) is -0.142. The van der Waals surface area contributed by atoms with Crippen LogP contribution in [0.1, 0.15) is 60.1 Å². The topological polar surface area (TPSA) is 47.2 Å². The molecule has 0 atom stereocenters. The minimum absolute atomic E-state index is 0.0338. The third kappa shape index (κ3) is 4.66. The van der Waals surface area contributed by atoms with E-state index in [2.05, 4.69) is 10.1 Å². The molecule has 1 heterocycles. The molecule has 0 N–H and O–H groups in total. The van der Waals surface area contributed by atoms with Crippen LogP contribution in [0.25, 0.3) is 0 Å². The minimum Gasteiger partial charge on any atom is -0.267 e. The Bertz CT molecular complexity index is 931. The third-order valence-electron chi connectivity index (χ3n) is 4.38. The van der Waals surface area contributed by atoms with Crippen LogP contribution < -0.4 is 4.80 Å². The van der Waals surface area contributed by atoms with Gasteiger partial charge in [-0.15, -0.1) is 0 Å². The second kappa shape index (κ2) is 6.89. The molecule has 1 aliphatic carbocycles. The highest BCUT2D eigenvalue weighted by Gasteiger charge is 2.31. The molecule has 1 aromatic heterocycles. The van der Waals surface area contributed by atoms with Crippen molar-refractivity contribution in [3.05, 3.63) is 44.7 Å². The van der Waals surface area contributed by atoms with E-state index < -0.39 is 17.6 Å². The van der Waals surface area contributed by atoms with Gasteiger partial charge in [-0.1, -0.05) is 38.2 Å². The minimum atomic E-state index is -4.50. The van der Waals surface area contributed by atoms with Gasteiger partial charge in [-0.25, -0.2) is 4.68 Å². The van der Waals surface area contributed by atoms with Crippen molar-refractivity contribution in [2.75, 3.05) is 0 Å². The van der Waals surface area contributed by atoms with E-state index in [0.29, 0.717) is 22.8 Å². The van der Waals surface area contributed by atoms with Gasteiger partial charge >= 0.3 is 6.18 Å². The molecule has 0 radical (unpaired) electrons. The van der Waals surface area contributed by atoms with Crippen LogP contribution in [0.15, 0.2) is 23.2 Å². The van der Waals surface area contributed by atoms with E-state index >= 15 is 0 Å². The van der Waals surface area contributed by atoms with Crippen molar-refractivity contribution in [3.8, 4) is 0 Å². The number of carbonyl (C=O) groups excluding carboxylic acids is 1. The van der Waals surface area contributed by atoms with Crippen molar-refractivity contribution in [2.24, 2.45) is 10.9 Å². The van der Waals surface area contributed by atoms with Crippen LogP contribution in [0.4, 0.5) is 13.2 Å². The highest BCUT2D eigenvalue weighted by Crippen LogP contribution is 2.32. The molecular formula is C19H22F3N3OS. The summed E-state index contributed by atoms with van der Waals surface area (Å²) in [7, 11) is 0. The summed E-state index contributed by atoms with van der Waals surface area (Å²) in [6.07, 6.45) is -2.26. The van der Waals surface area contributed by atoms with Gasteiger partial charge in [-0.05, 0) is 43.4 Å². The van der Waals surface area contributed by atoms with Crippen molar-refractivity contribution in [3.63, 3.8) is 0 Å². The predicted molar refractivity (Wildman–Crippen MR) is 97.6 cm³/mol. The van der Waals surface area contributed by atoms with Crippen molar-refractivity contribution in [1.29, 1.82) is 0 Å². The summed E-state index contributed by atoms with van der Waals surface area (Å²) in [4.78, 5) is 17.2. The van der Waals surface area contributed by atoms with Crippen molar-refractivity contribution < 1.29 is 18.0 Å². The molecule has 8 heteroatoms. The van der Waals surface area contributed by atoms with Crippen LogP contribution in [-0.4, -0.2) is 15.7 Å². The molecule has 1 saturated carbocycles. The zero-order valence-electron chi connectivity index (χ0n) is 15.7. The number of hydrogen-bond donors (Lipinski definition) is 0. The molecule has 1 fully saturated rings. The maximum Gasteiger partial charge on any atom is 0.416 e. The van der Waals surface area contributed by atoms with Gasteiger partial charge in [0.25, 0.3) is 5.91 Å². The van der Waals surface area contributed by atoms with E-state index in [1.165, 1.54) is 17.4 Å². The van der Waals surface area contributed by atoms with Gasteiger partial charge in [0, 0.05) is 17.5 Å². The SMILES string of the molecule is Cc1ccc(C(F)(F)F)cc1C(=O)N=c1sc(C(C)(C)C)nn1CC1CC1. The largest absolute Gasteiger partial charge is 0.416 e. The lowest BCUT2D eigenvalue weighted by atomic mass is 9.98. The highest BCUT2D eigenvalue weighted by molar-refractivity contribution is 7.09. The van der Waals surface area contributed by atoms with Gasteiger partial charge in [0.1, 0.15) is 5.01 Å². The molecule has 0 spiro atoms. The summed E-state index contributed by atoms with van der Waals surface area (Å²) in [6.45, 7) is 8.36. The first-order valence-electron chi connectivity index (χ1n) is 8.80. The van der Waals surface area contributed by atoms with Crippen LogP contribution in [0.3, 0.4) is 0 Å². The van der Waals surface area contributed by atoms with Crippen LogP contribution >= 0.6 is 11.3 Å². The number of benzene rings is 1. The summed E-state index contributed by atoms with van der Waals surface area (Å²) in [5.41, 5.74) is -0.615. The molecule has 2 aromatic rings. The molecule has 1 aromatic carbocycles. The zero-order valence-corrected chi connectivity index (χ0v) is 16.5. The molecule has 0 saturated heterocycles. The first-order valence-corrected chi connectivity index (χ1v) is 9.62. The van der Waals surface area contributed by atoms with Gasteiger partial charge in [0.15, 0.2) is 0 Å². The Balaban J connectivity index is 2.03. The Kier molecular flexibility index (Phi) is 5.05. The number of nitrogens with zero attached hydrogens (tertiary/aromatic N) is 3. The van der Waals surface area contributed by atoms with Crippen molar-refractivity contribution in [1.82, 2.24) is 9.78 Å². The molecule has 4 nitrogen and oxygen atoms in total. The fraction of sp³-hybridized carbons (Fsp3) is 0.526. The fourth-order valence-corrected chi connectivity index (χ4v) is 3.50. The quantitative estimate of drug-likeness (QED) is 0.752. The molecule has 1 aliphatic rings. The lowest BCUT2D eigenvalue weighted by molar-refractivity contribution is -0.137. The molecule has 1 amide bonds. The van der Waals surface area contributed by atoms with Gasteiger partial charge in [0.05, 0.1) is 5.56 Å². The number of aromatic nitrogens is 2. The number of aryl methyl sites for hydroxylation is 1. The van der Waals surface area contributed by atoms with Gasteiger partial charge in [-0.2, -0.15) is 23.3 Å². The monoisotopic (exact) mass is 397 g/mol. The first-order chi connectivity index (χ1) is 12.4. The normalized spacial score (nSPS) is 16.0. The van der Waals surface area contributed by atoms with Crippen molar-refractivity contribution >= 4 is 17.2 Å². The van der Waals surface area contributed by atoms with Crippen LogP contribution in [0.5, 0.6) is 0 Å². The molecule has 27 heavy (non-hydrogen) atoms. The number of hydrogen-bond acceptors (Lipinski definition) is 3. The Morgan fingerprint density at radius 3 is 2.52 bits per heavy atom. The summed E-state index contributed by atoms with van der Waals surface area (Å²) in [5, 5.41) is 5.44. The lowest BCUT2D eigenvalue weighted by Crippen LogP contribution is -2.20. The van der Waals surface area contributed by atoms with E-state index in [1.807, 2.05) is 20.8 Å². The molecule has 0 aliphatic heterocycles. The number of carbonyl (C=O) groups is 1. The van der Waals surface area contributed by atoms with E-state index in [-0.39, 0.29) is 11.0 Å². The van der Waals surface area contributed by atoms with Gasteiger partial charge in [-0.3, -0.25) is 4.79 Å². The molecule has 146 valence electrons. The average Bonchev–Trinajstić information content (AvgIpc) is 3.26. The maximum atomic E-state index is 13.0. The molecular weight excluding hydrogens is 375 g/mol. The van der Waals surface area contributed by atoms with Crippen LogP contribution in [-0.2, 0) is 18.1 Å². The second-order valence-corrected chi connectivity index (χ2v) is 8.97. The second-order valence-electron chi connectivity index (χ2n) is 8.01. The predicted octanol–water partition coefficient (Wildman–Crippen LogP) is 4.72. The number of rotatable bonds is 3. The standard InChI is InChI=1S/C19H22F3N3OS/c1-11-5-8-13(19(20,21)22)9-14(11)15(26)23-17-25(10-12-6-7-12)24-16(27-17)18(2,3)4/h5,8-9,12H,6-7,10H2,1-4H3. The maximum absolute atomic E-state index is 13.0. The number of alkyl halides is 3. The Morgan fingerprint density at radius 1 is 1.30 bits per heavy atom. The van der Waals surface area contributed by atoms with Crippen LogP contribution in [0.2, 0.25) is 0 Å². The number of halogens is 3. The Morgan fingerprint density at radius 2 is 1.96 bits per heavy atom. The molecule has 0 unspecified atom stereocenters. The fourth-order valence-electron chi connectivity index (χ4n) is 2.54. The average molecular weight is 397 g/mol. The smallest absolute Gasteiger partial charge is 0.267 e. The summed E-state index contributed by atoms with van der Waals surface area (Å²) in [6, 6.07) is 3.15. The van der Waals surface area contributed by atoms with Gasteiger partial charge in [0.2, 0.25) is 4.80 Å². The van der Waals surface area contributed by atoms with E-state index in [9.17, 15) is 18.0 Å². The van der Waals surface area contributed by atoms with Crippen LogP contribution in [0, 0.1) is 12.8 Å².